The molecule has 0 bridgehead atoms. The van der Waals surface area contributed by atoms with E-state index in [1.54, 1.807) is 0 Å². The number of aryl methyl sites for hydroxylation is 2. The third-order valence-corrected chi connectivity index (χ3v) is 6.38. The lowest BCUT2D eigenvalue weighted by atomic mass is 10.1. The van der Waals surface area contributed by atoms with Crippen LogP contribution in [0, 0.1) is 20.8 Å². The number of hydrogen-bond acceptors (Lipinski definition) is 5. The van der Waals surface area contributed by atoms with E-state index in [1.807, 2.05) is 19.9 Å². The molecule has 0 spiro atoms. The van der Waals surface area contributed by atoms with Crippen molar-refractivity contribution in [3.63, 3.8) is 0 Å². The molecule has 0 radical (unpaired) electrons. The Morgan fingerprint density at radius 2 is 1.85 bits per heavy atom. The first-order chi connectivity index (χ1) is 12.9. The third-order valence-electron chi connectivity index (χ3n) is 5.41. The first kappa shape index (κ1) is 18.4. The van der Waals surface area contributed by atoms with Crippen molar-refractivity contribution in [2.24, 2.45) is 0 Å². The molecule has 2 saturated carbocycles. The van der Waals surface area contributed by atoms with Crippen LogP contribution in [0.3, 0.4) is 0 Å². The fraction of sp³-hybridized carbons (Fsp3) is 0.524. The molecule has 6 heteroatoms. The van der Waals surface area contributed by atoms with Crippen LogP contribution in [0.25, 0.3) is 0 Å². The van der Waals surface area contributed by atoms with Gasteiger partial charge in [0.2, 0.25) is 0 Å². The van der Waals surface area contributed by atoms with Crippen molar-refractivity contribution < 1.29 is 9.59 Å². The van der Waals surface area contributed by atoms with Gasteiger partial charge in [-0.25, -0.2) is 9.97 Å². The molecule has 2 aromatic rings. The van der Waals surface area contributed by atoms with Crippen LogP contribution in [0.4, 0.5) is 0 Å². The highest BCUT2D eigenvalue weighted by atomic mass is 32.2. The van der Waals surface area contributed by atoms with Gasteiger partial charge in [-0.15, -0.1) is 0 Å². The van der Waals surface area contributed by atoms with Crippen LogP contribution in [0.2, 0.25) is 0 Å². The molecule has 2 aliphatic carbocycles. The van der Waals surface area contributed by atoms with Gasteiger partial charge in [0, 0.05) is 28.9 Å². The maximum Gasteiger partial charge on any atom is 0.174 e. The Balaban J connectivity index is 1.57. The second-order valence-corrected chi connectivity index (χ2v) is 8.74. The summed E-state index contributed by atoms with van der Waals surface area (Å²) < 4.78 is 2.29. The molecule has 0 saturated heterocycles. The summed E-state index contributed by atoms with van der Waals surface area (Å²) in [7, 11) is 0. The maximum atomic E-state index is 12.9. The van der Waals surface area contributed by atoms with Crippen molar-refractivity contribution in [1.29, 1.82) is 0 Å². The molecule has 0 N–H and O–H groups in total. The lowest BCUT2D eigenvalue weighted by Gasteiger charge is -2.11. The Morgan fingerprint density at radius 3 is 2.44 bits per heavy atom. The molecule has 0 aromatic carbocycles. The average Bonchev–Trinajstić information content (AvgIpc) is 3.50. The van der Waals surface area contributed by atoms with E-state index in [-0.39, 0.29) is 17.3 Å². The summed E-state index contributed by atoms with van der Waals surface area (Å²) in [5.41, 5.74) is 4.29. The summed E-state index contributed by atoms with van der Waals surface area (Å²) in [4.78, 5) is 34.1. The standard InChI is InChI=1S/C21H25N3O2S/c1-11-9-17(13(3)24(11)16-7-8-16)18(26)10-27-21-19(14(4)25)12(2)22-20(23-21)15-5-6-15/h9,15-16H,5-8,10H2,1-4H3. The highest BCUT2D eigenvalue weighted by Crippen LogP contribution is 2.40. The second-order valence-electron chi connectivity index (χ2n) is 7.78. The summed E-state index contributed by atoms with van der Waals surface area (Å²) in [6.45, 7) is 7.50. The number of carbonyl (C=O) groups is 2. The minimum Gasteiger partial charge on any atom is -0.345 e. The lowest BCUT2D eigenvalue weighted by Crippen LogP contribution is -2.10. The Kier molecular flexibility index (Phi) is 4.70. The maximum absolute atomic E-state index is 12.9. The first-order valence-corrected chi connectivity index (χ1v) is 10.6. The zero-order valence-corrected chi connectivity index (χ0v) is 17.2. The SMILES string of the molecule is CC(=O)c1c(C)nc(C2CC2)nc1SCC(=O)c1cc(C)n(C2CC2)c1C. The van der Waals surface area contributed by atoms with Gasteiger partial charge in [-0.2, -0.15) is 0 Å². The van der Waals surface area contributed by atoms with E-state index in [0.717, 1.165) is 41.3 Å². The number of rotatable bonds is 7. The van der Waals surface area contributed by atoms with Crippen LogP contribution in [-0.2, 0) is 0 Å². The Morgan fingerprint density at radius 1 is 1.15 bits per heavy atom. The Labute approximate surface area is 164 Å². The molecular formula is C21H25N3O2S. The minimum atomic E-state index is -0.0447. The zero-order valence-electron chi connectivity index (χ0n) is 16.3. The molecule has 0 aliphatic heterocycles. The van der Waals surface area contributed by atoms with E-state index in [4.69, 9.17) is 0 Å². The lowest BCUT2D eigenvalue weighted by molar-refractivity contribution is 0.100. The van der Waals surface area contributed by atoms with Crippen LogP contribution < -0.4 is 0 Å². The van der Waals surface area contributed by atoms with Gasteiger partial charge in [0.15, 0.2) is 11.6 Å². The summed E-state index contributed by atoms with van der Waals surface area (Å²) in [6.07, 6.45) is 4.61. The number of carbonyl (C=O) groups excluding carboxylic acids is 2. The highest BCUT2D eigenvalue weighted by Gasteiger charge is 2.30. The smallest absolute Gasteiger partial charge is 0.174 e. The largest absolute Gasteiger partial charge is 0.345 e. The molecule has 4 rings (SSSR count). The predicted molar refractivity (Wildman–Crippen MR) is 106 cm³/mol. The van der Waals surface area contributed by atoms with Crippen molar-refractivity contribution in [3.8, 4) is 0 Å². The van der Waals surface area contributed by atoms with Crippen molar-refractivity contribution in [2.75, 3.05) is 5.75 Å². The molecule has 27 heavy (non-hydrogen) atoms. The van der Waals surface area contributed by atoms with E-state index < -0.39 is 0 Å². The van der Waals surface area contributed by atoms with Crippen molar-refractivity contribution in [2.45, 2.75) is 70.4 Å². The number of Topliss-reactive ketones (excluding diaryl/α,β-unsaturated/α-hetero) is 2. The van der Waals surface area contributed by atoms with Gasteiger partial charge in [-0.1, -0.05) is 11.8 Å². The van der Waals surface area contributed by atoms with Gasteiger partial charge in [0.1, 0.15) is 10.9 Å². The van der Waals surface area contributed by atoms with E-state index in [0.29, 0.717) is 22.5 Å². The molecular weight excluding hydrogens is 358 g/mol. The van der Waals surface area contributed by atoms with Gasteiger partial charge >= 0.3 is 0 Å². The Bertz CT molecular complexity index is 939. The molecule has 2 aromatic heterocycles. The number of aromatic nitrogens is 3. The van der Waals surface area contributed by atoms with Crippen LogP contribution in [0.15, 0.2) is 11.1 Å². The monoisotopic (exact) mass is 383 g/mol. The van der Waals surface area contributed by atoms with Gasteiger partial charge in [-0.3, -0.25) is 9.59 Å². The summed E-state index contributed by atoms with van der Waals surface area (Å²) in [5.74, 6) is 1.57. The van der Waals surface area contributed by atoms with Crippen molar-refractivity contribution in [1.82, 2.24) is 14.5 Å². The van der Waals surface area contributed by atoms with Gasteiger partial charge in [0.25, 0.3) is 0 Å². The number of ketones is 2. The third kappa shape index (κ3) is 3.59. The molecule has 5 nitrogen and oxygen atoms in total. The Hall–Kier alpha value is -1.95. The molecule has 2 fully saturated rings. The van der Waals surface area contributed by atoms with E-state index in [1.165, 1.54) is 31.5 Å². The molecule has 0 unspecified atom stereocenters. The van der Waals surface area contributed by atoms with Gasteiger partial charge < -0.3 is 4.57 Å². The van der Waals surface area contributed by atoms with Crippen LogP contribution in [0.1, 0.15) is 88.2 Å². The molecule has 2 heterocycles. The van der Waals surface area contributed by atoms with Crippen LogP contribution in [-0.4, -0.2) is 31.9 Å². The second kappa shape index (κ2) is 6.89. The van der Waals surface area contributed by atoms with Gasteiger partial charge in [-0.05, 0) is 59.4 Å². The quantitative estimate of drug-likeness (QED) is 0.397. The zero-order chi connectivity index (χ0) is 19.3. The summed E-state index contributed by atoms with van der Waals surface area (Å²) in [5, 5.41) is 0.654. The van der Waals surface area contributed by atoms with E-state index in [9.17, 15) is 9.59 Å². The van der Waals surface area contributed by atoms with Gasteiger partial charge in [0.05, 0.1) is 17.0 Å². The number of thioether (sulfide) groups is 1. The highest BCUT2D eigenvalue weighted by molar-refractivity contribution is 8.00. The van der Waals surface area contributed by atoms with Crippen LogP contribution >= 0.6 is 11.8 Å². The van der Waals surface area contributed by atoms with Crippen molar-refractivity contribution in [3.05, 3.63) is 40.1 Å². The topological polar surface area (TPSA) is 64.8 Å². The molecule has 142 valence electrons. The molecule has 0 amide bonds. The van der Waals surface area contributed by atoms with E-state index in [2.05, 4.69) is 21.5 Å². The summed E-state index contributed by atoms with van der Waals surface area (Å²) in [6, 6.07) is 2.57. The minimum absolute atomic E-state index is 0.0447. The normalized spacial score (nSPS) is 16.6. The fourth-order valence-corrected chi connectivity index (χ4v) is 4.78. The number of hydrogen-bond donors (Lipinski definition) is 0. The molecule has 0 atom stereocenters. The van der Waals surface area contributed by atoms with Crippen molar-refractivity contribution >= 4 is 23.3 Å². The van der Waals surface area contributed by atoms with E-state index >= 15 is 0 Å². The molecule has 2 aliphatic rings. The van der Waals surface area contributed by atoms with Crippen LogP contribution in [0.5, 0.6) is 0 Å². The first-order valence-electron chi connectivity index (χ1n) is 9.60. The average molecular weight is 384 g/mol. The fourth-order valence-electron chi connectivity index (χ4n) is 3.77. The number of nitrogens with zero attached hydrogens (tertiary/aromatic N) is 3. The predicted octanol–water partition coefficient (Wildman–Crippen LogP) is 4.59. The summed E-state index contributed by atoms with van der Waals surface area (Å²) >= 11 is 1.37.